The average molecular weight is 287 g/mol. The Morgan fingerprint density at radius 2 is 1.90 bits per heavy atom. The van der Waals surface area contributed by atoms with Gasteiger partial charge < -0.3 is 0 Å². The van der Waals surface area contributed by atoms with Gasteiger partial charge in [0.25, 0.3) is 0 Å². The van der Waals surface area contributed by atoms with E-state index in [0.717, 1.165) is 12.6 Å². The van der Waals surface area contributed by atoms with Crippen LogP contribution in [0, 0.1) is 5.82 Å². The van der Waals surface area contributed by atoms with Gasteiger partial charge in [0.15, 0.2) is 0 Å². The monoisotopic (exact) mass is 287 g/mol. The van der Waals surface area contributed by atoms with E-state index in [-0.39, 0.29) is 11.5 Å². The molecule has 110 valence electrons. The molecule has 0 aliphatic carbocycles. The highest BCUT2D eigenvalue weighted by atomic mass is 19.4. The summed E-state index contributed by atoms with van der Waals surface area (Å²) in [4.78, 5) is 2.13. The number of benzene rings is 1. The molecule has 0 N–H and O–H groups in total. The van der Waals surface area contributed by atoms with E-state index < -0.39 is 17.6 Å². The maximum absolute atomic E-state index is 13.6. The summed E-state index contributed by atoms with van der Waals surface area (Å²) in [6, 6.07) is 3.63. The maximum atomic E-state index is 13.6. The number of halogens is 4. The Morgan fingerprint density at radius 3 is 2.45 bits per heavy atom. The second-order valence-corrected chi connectivity index (χ2v) is 5.07. The molecule has 2 rings (SSSR count). The first-order valence-corrected chi connectivity index (χ1v) is 6.62. The molecule has 0 aromatic heterocycles. The Kier molecular flexibility index (Phi) is 4.48. The van der Waals surface area contributed by atoms with Crippen LogP contribution in [-0.4, -0.2) is 24.5 Å². The SMILES string of the molecule is C=CCN1CCC(c2cccc(F)c2C(F)(F)F)CC1. The zero-order valence-corrected chi connectivity index (χ0v) is 11.1. The van der Waals surface area contributed by atoms with Crippen LogP contribution < -0.4 is 0 Å². The molecular formula is C15H17F4N. The fourth-order valence-electron chi connectivity index (χ4n) is 2.79. The first kappa shape index (κ1) is 15.0. The number of alkyl halides is 3. The summed E-state index contributed by atoms with van der Waals surface area (Å²) in [6.45, 7) is 5.81. The molecule has 1 saturated heterocycles. The summed E-state index contributed by atoms with van der Waals surface area (Å²) >= 11 is 0. The van der Waals surface area contributed by atoms with Gasteiger partial charge in [0.2, 0.25) is 0 Å². The smallest absolute Gasteiger partial charge is 0.300 e. The molecule has 0 spiro atoms. The standard InChI is InChI=1S/C15H17F4N/c1-2-8-20-9-6-11(7-10-20)12-4-3-5-13(16)14(12)15(17,18)19/h2-5,11H,1,6-10H2. The van der Waals surface area contributed by atoms with Gasteiger partial charge in [-0.1, -0.05) is 18.2 Å². The van der Waals surface area contributed by atoms with Crippen molar-refractivity contribution in [2.24, 2.45) is 0 Å². The van der Waals surface area contributed by atoms with Crippen molar-refractivity contribution in [2.45, 2.75) is 24.9 Å². The van der Waals surface area contributed by atoms with E-state index in [1.165, 1.54) is 12.1 Å². The van der Waals surface area contributed by atoms with Gasteiger partial charge in [-0.05, 0) is 43.5 Å². The highest BCUT2D eigenvalue weighted by molar-refractivity contribution is 5.34. The van der Waals surface area contributed by atoms with Gasteiger partial charge in [0, 0.05) is 6.54 Å². The zero-order chi connectivity index (χ0) is 14.8. The number of piperidine rings is 1. The Hall–Kier alpha value is -1.36. The molecule has 20 heavy (non-hydrogen) atoms. The normalized spacial score (nSPS) is 18.2. The first-order chi connectivity index (χ1) is 9.43. The Labute approximate surface area is 115 Å². The molecule has 5 heteroatoms. The maximum Gasteiger partial charge on any atom is 0.419 e. The van der Waals surface area contributed by atoms with Gasteiger partial charge in [0.05, 0.1) is 5.56 Å². The van der Waals surface area contributed by atoms with Crippen LogP contribution in [0.2, 0.25) is 0 Å². The van der Waals surface area contributed by atoms with Crippen LogP contribution >= 0.6 is 0 Å². The highest BCUT2D eigenvalue weighted by Gasteiger charge is 2.38. The lowest BCUT2D eigenvalue weighted by Crippen LogP contribution is -2.33. The van der Waals surface area contributed by atoms with E-state index in [2.05, 4.69) is 11.5 Å². The van der Waals surface area contributed by atoms with Gasteiger partial charge in [0.1, 0.15) is 5.82 Å². The average Bonchev–Trinajstić information content (AvgIpc) is 2.38. The summed E-state index contributed by atoms with van der Waals surface area (Å²) < 4.78 is 52.5. The van der Waals surface area contributed by atoms with E-state index in [9.17, 15) is 17.6 Å². The number of hydrogen-bond donors (Lipinski definition) is 0. The van der Waals surface area contributed by atoms with Crippen LogP contribution in [0.3, 0.4) is 0 Å². The van der Waals surface area contributed by atoms with Crippen LogP contribution in [0.1, 0.15) is 29.9 Å². The molecule has 1 aromatic rings. The minimum atomic E-state index is -4.64. The lowest BCUT2D eigenvalue weighted by molar-refractivity contribution is -0.140. The third-order valence-electron chi connectivity index (χ3n) is 3.74. The predicted octanol–water partition coefficient (Wildman–Crippen LogP) is 4.21. The van der Waals surface area contributed by atoms with Crippen molar-refractivity contribution in [2.75, 3.05) is 19.6 Å². The Morgan fingerprint density at radius 1 is 1.25 bits per heavy atom. The lowest BCUT2D eigenvalue weighted by Gasteiger charge is -2.32. The number of nitrogens with zero attached hydrogens (tertiary/aromatic N) is 1. The third kappa shape index (κ3) is 3.20. The minimum absolute atomic E-state index is 0.0933. The molecule has 1 fully saturated rings. The molecule has 1 aliphatic rings. The molecule has 0 unspecified atom stereocenters. The largest absolute Gasteiger partial charge is 0.419 e. The summed E-state index contributed by atoms with van der Waals surface area (Å²) in [5.41, 5.74) is -1.00. The summed E-state index contributed by atoms with van der Waals surface area (Å²) in [5, 5.41) is 0. The molecule has 1 aliphatic heterocycles. The number of rotatable bonds is 3. The van der Waals surface area contributed by atoms with Crippen LogP contribution in [0.25, 0.3) is 0 Å². The third-order valence-corrected chi connectivity index (χ3v) is 3.74. The van der Waals surface area contributed by atoms with Crippen molar-refractivity contribution in [3.05, 3.63) is 47.8 Å². The molecule has 0 amide bonds. The zero-order valence-electron chi connectivity index (χ0n) is 11.1. The molecule has 0 bridgehead atoms. The van der Waals surface area contributed by atoms with Gasteiger partial charge in [-0.3, -0.25) is 4.90 Å². The topological polar surface area (TPSA) is 3.24 Å². The first-order valence-electron chi connectivity index (χ1n) is 6.62. The second kappa shape index (κ2) is 5.95. The van der Waals surface area contributed by atoms with Crippen molar-refractivity contribution in [1.29, 1.82) is 0 Å². The molecular weight excluding hydrogens is 270 g/mol. The molecule has 1 nitrogen and oxygen atoms in total. The summed E-state index contributed by atoms with van der Waals surface area (Å²) in [7, 11) is 0. The van der Waals surface area contributed by atoms with Crippen LogP contribution in [0.5, 0.6) is 0 Å². The Bertz CT molecular complexity index is 473. The number of hydrogen-bond acceptors (Lipinski definition) is 1. The number of likely N-dealkylation sites (tertiary alicyclic amines) is 1. The summed E-state index contributed by atoms with van der Waals surface area (Å²) in [6.07, 6.45) is -1.64. The van der Waals surface area contributed by atoms with Crippen molar-refractivity contribution < 1.29 is 17.6 Å². The summed E-state index contributed by atoms with van der Waals surface area (Å²) in [5.74, 6) is -1.41. The van der Waals surface area contributed by atoms with E-state index >= 15 is 0 Å². The second-order valence-electron chi connectivity index (χ2n) is 5.07. The molecule has 0 atom stereocenters. The highest BCUT2D eigenvalue weighted by Crippen LogP contribution is 2.40. The molecule has 1 aromatic carbocycles. The molecule has 0 saturated carbocycles. The molecule has 0 radical (unpaired) electrons. The quantitative estimate of drug-likeness (QED) is 0.594. The van der Waals surface area contributed by atoms with Crippen molar-refractivity contribution in [3.8, 4) is 0 Å². The van der Waals surface area contributed by atoms with Crippen molar-refractivity contribution >= 4 is 0 Å². The van der Waals surface area contributed by atoms with Gasteiger partial charge in [-0.15, -0.1) is 6.58 Å². The van der Waals surface area contributed by atoms with E-state index in [4.69, 9.17) is 0 Å². The van der Waals surface area contributed by atoms with Crippen molar-refractivity contribution in [3.63, 3.8) is 0 Å². The molecule has 1 heterocycles. The van der Waals surface area contributed by atoms with E-state index in [1.54, 1.807) is 6.08 Å². The minimum Gasteiger partial charge on any atom is -0.300 e. The van der Waals surface area contributed by atoms with Gasteiger partial charge >= 0.3 is 6.18 Å². The van der Waals surface area contributed by atoms with E-state index in [0.29, 0.717) is 25.9 Å². The fraction of sp³-hybridized carbons (Fsp3) is 0.467. The fourth-order valence-corrected chi connectivity index (χ4v) is 2.79. The van der Waals surface area contributed by atoms with Crippen LogP contribution in [0.4, 0.5) is 17.6 Å². The van der Waals surface area contributed by atoms with Crippen molar-refractivity contribution in [1.82, 2.24) is 4.90 Å². The van der Waals surface area contributed by atoms with Gasteiger partial charge in [-0.25, -0.2) is 4.39 Å². The van der Waals surface area contributed by atoms with Crippen LogP contribution in [0.15, 0.2) is 30.9 Å². The van der Waals surface area contributed by atoms with E-state index in [1.807, 2.05) is 0 Å². The predicted molar refractivity (Wildman–Crippen MR) is 70.0 cm³/mol. The lowest BCUT2D eigenvalue weighted by atomic mass is 9.86. The van der Waals surface area contributed by atoms with Crippen LogP contribution in [-0.2, 0) is 6.18 Å². The van der Waals surface area contributed by atoms with Gasteiger partial charge in [-0.2, -0.15) is 13.2 Å². The Balaban J connectivity index is 2.22.